The van der Waals surface area contributed by atoms with Crippen LogP contribution < -0.4 is 0 Å². The zero-order valence-corrected chi connectivity index (χ0v) is 12.7. The second-order valence-corrected chi connectivity index (χ2v) is 5.66. The number of carbonyl (C=O) groups excluding carboxylic acids is 1. The van der Waals surface area contributed by atoms with Crippen molar-refractivity contribution in [1.82, 2.24) is 5.01 Å². The molecule has 1 aromatic carbocycles. The van der Waals surface area contributed by atoms with E-state index < -0.39 is 40.8 Å². The molecule has 1 aromatic rings. The summed E-state index contributed by atoms with van der Waals surface area (Å²) >= 11 is 0. The van der Waals surface area contributed by atoms with Crippen molar-refractivity contribution in [2.45, 2.75) is 32.2 Å². The molecule has 0 bridgehead atoms. The minimum atomic E-state index is -5.14. The third-order valence-corrected chi connectivity index (χ3v) is 3.62. The van der Waals surface area contributed by atoms with E-state index in [4.69, 9.17) is 0 Å². The lowest BCUT2D eigenvalue weighted by Crippen LogP contribution is -2.56. The van der Waals surface area contributed by atoms with Crippen molar-refractivity contribution in [1.29, 1.82) is 0 Å². The van der Waals surface area contributed by atoms with Gasteiger partial charge in [0.05, 0.1) is 4.92 Å². The van der Waals surface area contributed by atoms with Gasteiger partial charge in [0.1, 0.15) is 0 Å². The summed E-state index contributed by atoms with van der Waals surface area (Å²) in [6.45, 7) is 3.16. The van der Waals surface area contributed by atoms with Crippen LogP contribution in [0.1, 0.15) is 30.6 Å². The topological polar surface area (TPSA) is 96.0 Å². The Morgan fingerprint density at radius 3 is 2.58 bits per heavy atom. The molecule has 0 aromatic heterocycles. The average molecular weight is 345 g/mol. The fourth-order valence-electron chi connectivity index (χ4n) is 2.20. The van der Waals surface area contributed by atoms with Crippen molar-refractivity contribution in [2.24, 2.45) is 11.0 Å². The summed E-state index contributed by atoms with van der Waals surface area (Å²) < 4.78 is 39.9. The molecule has 2 rings (SSSR count). The molecule has 0 radical (unpaired) electrons. The number of nitro benzene ring substituents is 1. The Kier molecular flexibility index (Phi) is 4.36. The van der Waals surface area contributed by atoms with E-state index in [0.717, 1.165) is 18.2 Å². The Labute approximate surface area is 134 Å². The number of hydrogen-bond donors (Lipinski definition) is 1. The molecular formula is C14H14F3N3O4. The predicted octanol–water partition coefficient (Wildman–Crippen LogP) is 2.70. The Hall–Kier alpha value is -2.49. The molecular weight excluding hydrogens is 331 g/mol. The Morgan fingerprint density at radius 2 is 2.08 bits per heavy atom. The first-order valence-electron chi connectivity index (χ1n) is 6.93. The lowest BCUT2D eigenvalue weighted by molar-refractivity contribution is -0.384. The number of amides is 1. The van der Waals surface area contributed by atoms with Crippen LogP contribution >= 0.6 is 0 Å². The summed E-state index contributed by atoms with van der Waals surface area (Å²) in [5.41, 5.74) is -4.30. The summed E-state index contributed by atoms with van der Waals surface area (Å²) in [5, 5.41) is 24.4. The number of carbonyl (C=O) groups is 1. The molecule has 1 N–H and O–H groups in total. The van der Waals surface area contributed by atoms with Gasteiger partial charge in [-0.25, -0.2) is 0 Å². The standard InChI is InChI=1S/C14H14F3N3O4/c1-8(2)11-7-13(22,14(15,16)17)19(18-11)12(21)9-4-3-5-10(6-9)20(23)24/h3-6,8,22H,7H2,1-2H3/t13-/m0/s1. The Bertz CT molecular complexity index is 717. The molecule has 7 nitrogen and oxygen atoms in total. The van der Waals surface area contributed by atoms with Gasteiger partial charge in [0.25, 0.3) is 17.3 Å². The molecule has 0 unspecified atom stereocenters. The first-order chi connectivity index (χ1) is 11.0. The lowest BCUT2D eigenvalue weighted by atomic mass is 9.98. The number of rotatable bonds is 3. The zero-order chi connectivity index (χ0) is 18.3. The van der Waals surface area contributed by atoms with Crippen molar-refractivity contribution in [3.63, 3.8) is 0 Å². The van der Waals surface area contributed by atoms with Crippen LogP contribution in [0.15, 0.2) is 29.4 Å². The van der Waals surface area contributed by atoms with Crippen LogP contribution in [0.2, 0.25) is 0 Å². The van der Waals surface area contributed by atoms with Gasteiger partial charge in [-0.1, -0.05) is 19.9 Å². The molecule has 1 atom stereocenters. The molecule has 1 heterocycles. The fraction of sp³-hybridized carbons (Fsp3) is 0.429. The largest absolute Gasteiger partial charge is 0.438 e. The second-order valence-electron chi connectivity index (χ2n) is 5.66. The van der Waals surface area contributed by atoms with E-state index in [0.29, 0.717) is 0 Å². The molecule has 0 saturated carbocycles. The maximum Gasteiger partial charge on any atom is 0.438 e. The molecule has 0 spiro atoms. The second kappa shape index (κ2) is 5.86. The van der Waals surface area contributed by atoms with Gasteiger partial charge < -0.3 is 5.11 Å². The van der Waals surface area contributed by atoms with Crippen molar-refractivity contribution in [3.05, 3.63) is 39.9 Å². The van der Waals surface area contributed by atoms with Crippen molar-refractivity contribution < 1.29 is 28.0 Å². The first kappa shape index (κ1) is 17.9. The van der Waals surface area contributed by atoms with Crippen LogP contribution in [0, 0.1) is 16.0 Å². The number of aliphatic hydroxyl groups is 1. The van der Waals surface area contributed by atoms with Crippen molar-refractivity contribution in [2.75, 3.05) is 0 Å². The SMILES string of the molecule is CC(C)C1=NN(C(=O)c2cccc([N+](=O)[O-])c2)[C@@](O)(C(F)(F)F)C1. The zero-order valence-electron chi connectivity index (χ0n) is 12.7. The maximum absolute atomic E-state index is 13.3. The van der Waals surface area contributed by atoms with Crippen molar-refractivity contribution >= 4 is 17.3 Å². The number of non-ortho nitro benzene ring substituents is 1. The molecule has 0 saturated heterocycles. The number of hydrogen-bond acceptors (Lipinski definition) is 5. The maximum atomic E-state index is 13.3. The first-order valence-corrected chi connectivity index (χ1v) is 6.93. The van der Waals surface area contributed by atoms with Gasteiger partial charge >= 0.3 is 6.18 Å². The van der Waals surface area contributed by atoms with Gasteiger partial charge in [0.2, 0.25) is 0 Å². The van der Waals surface area contributed by atoms with Crippen LogP contribution in [0.5, 0.6) is 0 Å². The van der Waals surface area contributed by atoms with Gasteiger partial charge in [0, 0.05) is 29.8 Å². The van der Waals surface area contributed by atoms with Gasteiger partial charge in [-0.3, -0.25) is 14.9 Å². The number of halogens is 3. The van der Waals surface area contributed by atoms with Crippen molar-refractivity contribution in [3.8, 4) is 0 Å². The minimum Gasteiger partial charge on any atom is -0.362 e. The number of nitrogens with zero attached hydrogens (tertiary/aromatic N) is 3. The Morgan fingerprint density at radius 1 is 1.46 bits per heavy atom. The van der Waals surface area contributed by atoms with E-state index >= 15 is 0 Å². The van der Waals surface area contributed by atoms with Crippen LogP contribution in [0.3, 0.4) is 0 Å². The summed E-state index contributed by atoms with van der Waals surface area (Å²) in [4.78, 5) is 22.4. The van der Waals surface area contributed by atoms with Gasteiger partial charge in [-0.2, -0.15) is 23.3 Å². The van der Waals surface area contributed by atoms with Gasteiger partial charge in [0.15, 0.2) is 0 Å². The van der Waals surface area contributed by atoms with E-state index in [1.54, 1.807) is 13.8 Å². The lowest BCUT2D eigenvalue weighted by Gasteiger charge is -2.32. The van der Waals surface area contributed by atoms with Gasteiger partial charge in [-0.05, 0) is 12.0 Å². The van der Waals surface area contributed by atoms with Gasteiger partial charge in [-0.15, -0.1) is 0 Å². The van der Waals surface area contributed by atoms with E-state index in [2.05, 4.69) is 5.10 Å². The number of hydrazone groups is 1. The summed E-state index contributed by atoms with van der Waals surface area (Å²) in [6.07, 6.45) is -6.00. The fourth-order valence-corrected chi connectivity index (χ4v) is 2.20. The molecule has 1 aliphatic heterocycles. The smallest absolute Gasteiger partial charge is 0.362 e. The highest BCUT2D eigenvalue weighted by Gasteiger charge is 2.63. The third-order valence-electron chi connectivity index (χ3n) is 3.62. The molecule has 1 amide bonds. The van der Waals surface area contributed by atoms with Crippen LogP contribution in [0.4, 0.5) is 18.9 Å². The quantitative estimate of drug-likeness (QED) is 0.673. The molecule has 1 aliphatic rings. The van der Waals surface area contributed by atoms with Crippen LogP contribution in [-0.4, -0.2) is 38.6 Å². The molecule has 24 heavy (non-hydrogen) atoms. The highest BCUT2D eigenvalue weighted by molar-refractivity contribution is 5.99. The summed E-state index contributed by atoms with van der Waals surface area (Å²) in [7, 11) is 0. The van der Waals surface area contributed by atoms with Crippen LogP contribution in [-0.2, 0) is 0 Å². The van der Waals surface area contributed by atoms with Crippen LogP contribution in [0.25, 0.3) is 0 Å². The van der Waals surface area contributed by atoms with E-state index in [1.807, 2.05) is 0 Å². The van der Waals surface area contributed by atoms with E-state index in [1.165, 1.54) is 6.07 Å². The molecule has 10 heteroatoms. The minimum absolute atomic E-state index is 0.00797. The summed E-state index contributed by atoms with van der Waals surface area (Å²) in [5.74, 6) is -1.68. The number of alkyl halides is 3. The third kappa shape index (κ3) is 2.96. The van der Waals surface area contributed by atoms with E-state index in [9.17, 15) is 33.2 Å². The highest BCUT2D eigenvalue weighted by atomic mass is 19.4. The Balaban J connectivity index is 2.48. The molecule has 0 aliphatic carbocycles. The summed E-state index contributed by atoms with van der Waals surface area (Å²) in [6, 6.07) is 4.22. The van der Waals surface area contributed by atoms with E-state index in [-0.39, 0.29) is 16.3 Å². The highest BCUT2D eigenvalue weighted by Crippen LogP contribution is 2.42. The normalized spacial score (nSPS) is 21.1. The average Bonchev–Trinajstić information content (AvgIpc) is 2.86. The number of benzene rings is 1. The monoisotopic (exact) mass is 345 g/mol. The molecule has 130 valence electrons. The molecule has 0 fully saturated rings. The number of nitro groups is 1. The predicted molar refractivity (Wildman–Crippen MR) is 77.2 cm³/mol.